The zero-order valence-corrected chi connectivity index (χ0v) is 25.6. The highest BCUT2D eigenvalue weighted by atomic mass is 15.0. The molecule has 1 saturated carbocycles. The van der Waals surface area contributed by atoms with Crippen LogP contribution >= 0.6 is 0 Å². The highest BCUT2D eigenvalue weighted by molar-refractivity contribution is 6.11. The lowest BCUT2D eigenvalue weighted by Gasteiger charge is -2.35. The van der Waals surface area contributed by atoms with Crippen LogP contribution in [-0.2, 0) is 5.41 Å². The Labute approximate surface area is 259 Å². The average molecular weight is 568 g/mol. The van der Waals surface area contributed by atoms with Crippen molar-refractivity contribution in [2.75, 3.05) is 0 Å². The fourth-order valence-corrected chi connectivity index (χ4v) is 8.54. The minimum atomic E-state index is -0.113. The molecule has 44 heavy (non-hydrogen) atoms. The van der Waals surface area contributed by atoms with Crippen LogP contribution in [0, 0.1) is 0 Å². The summed E-state index contributed by atoms with van der Waals surface area (Å²) >= 11 is 0. The van der Waals surface area contributed by atoms with Crippen LogP contribution in [-0.4, -0.2) is 4.57 Å². The summed E-state index contributed by atoms with van der Waals surface area (Å²) in [4.78, 5) is 0. The van der Waals surface area contributed by atoms with Gasteiger partial charge in [0.2, 0.25) is 0 Å². The summed E-state index contributed by atoms with van der Waals surface area (Å²) in [7, 11) is 0. The maximum absolute atomic E-state index is 2.50. The summed E-state index contributed by atoms with van der Waals surface area (Å²) in [6.45, 7) is 4.78. The topological polar surface area (TPSA) is 4.93 Å². The average Bonchev–Trinajstić information content (AvgIpc) is 3.42. The molecule has 6 aromatic carbocycles. The SMILES string of the molecule is CC1(C)c2cc(-c3cccc(-c4ccc(C5CCCCC5)c5ccccc45)c3)ccc2-n2c3ccccc3c3cccc1c32. The molecule has 0 atom stereocenters. The van der Waals surface area contributed by atoms with E-state index < -0.39 is 0 Å². The standard InChI is InChI=1S/C43H37N/c1-43(2)38-20-11-19-37-36-18-8-9-21-40(36)44(42(37)38)41-25-22-30(27-39(41)43)29-14-10-15-31(26-29)33-24-23-32(28-12-4-3-5-13-28)34-16-6-7-17-35(33)34/h6-11,14-28H,3-5,12-13H2,1-2H3. The van der Waals surface area contributed by atoms with Crippen LogP contribution in [0.15, 0.2) is 121 Å². The number of nitrogens with zero attached hydrogens (tertiary/aromatic N) is 1. The monoisotopic (exact) mass is 567 g/mol. The van der Waals surface area contributed by atoms with Gasteiger partial charge >= 0.3 is 0 Å². The Balaban J connectivity index is 1.18. The molecule has 1 aliphatic carbocycles. The molecule has 2 aliphatic rings. The quantitative estimate of drug-likeness (QED) is 0.200. The Morgan fingerprint density at radius 1 is 0.545 bits per heavy atom. The molecule has 0 amide bonds. The molecule has 1 aliphatic heterocycles. The molecular formula is C43H37N. The second kappa shape index (κ2) is 9.69. The summed E-state index contributed by atoms with van der Waals surface area (Å²) in [5, 5.41) is 5.48. The Morgan fingerprint density at radius 3 is 2.11 bits per heavy atom. The van der Waals surface area contributed by atoms with Gasteiger partial charge in [0.05, 0.1) is 16.7 Å². The van der Waals surface area contributed by atoms with Gasteiger partial charge in [0.15, 0.2) is 0 Å². The van der Waals surface area contributed by atoms with Gasteiger partial charge in [-0.15, -0.1) is 0 Å². The highest BCUT2D eigenvalue weighted by Gasteiger charge is 2.35. The van der Waals surface area contributed by atoms with E-state index in [0.29, 0.717) is 5.92 Å². The molecule has 0 N–H and O–H groups in total. The number of rotatable bonds is 3. The lowest BCUT2D eigenvalue weighted by Crippen LogP contribution is -2.26. The Hall–Kier alpha value is -4.62. The molecule has 0 bridgehead atoms. The van der Waals surface area contributed by atoms with Crippen molar-refractivity contribution in [3.63, 3.8) is 0 Å². The molecule has 7 aromatic rings. The molecule has 0 unspecified atom stereocenters. The Morgan fingerprint density at radius 2 is 1.25 bits per heavy atom. The molecule has 1 nitrogen and oxygen atoms in total. The van der Waals surface area contributed by atoms with Crippen molar-refractivity contribution < 1.29 is 0 Å². The zero-order valence-electron chi connectivity index (χ0n) is 25.6. The van der Waals surface area contributed by atoms with Crippen LogP contribution in [0.1, 0.15) is 68.6 Å². The second-order valence-corrected chi connectivity index (χ2v) is 13.6. The lowest BCUT2D eigenvalue weighted by atomic mass is 9.74. The molecular weight excluding hydrogens is 530 g/mol. The predicted molar refractivity (Wildman–Crippen MR) is 187 cm³/mol. The third-order valence-corrected chi connectivity index (χ3v) is 10.8. The first-order valence-corrected chi connectivity index (χ1v) is 16.4. The van der Waals surface area contributed by atoms with Crippen molar-refractivity contribution in [1.82, 2.24) is 4.57 Å². The van der Waals surface area contributed by atoms with Gasteiger partial charge in [-0.25, -0.2) is 0 Å². The normalized spacial score (nSPS) is 16.0. The van der Waals surface area contributed by atoms with Gasteiger partial charge in [0.1, 0.15) is 0 Å². The molecule has 0 spiro atoms. The van der Waals surface area contributed by atoms with Gasteiger partial charge in [-0.1, -0.05) is 130 Å². The van der Waals surface area contributed by atoms with E-state index in [9.17, 15) is 0 Å². The van der Waals surface area contributed by atoms with Crippen LogP contribution < -0.4 is 0 Å². The lowest BCUT2D eigenvalue weighted by molar-refractivity contribution is 0.445. The van der Waals surface area contributed by atoms with Crippen molar-refractivity contribution in [2.24, 2.45) is 0 Å². The summed E-state index contributed by atoms with van der Waals surface area (Å²) in [5.41, 5.74) is 13.3. The van der Waals surface area contributed by atoms with Gasteiger partial charge in [0, 0.05) is 16.2 Å². The van der Waals surface area contributed by atoms with Crippen LogP contribution in [0.5, 0.6) is 0 Å². The summed E-state index contributed by atoms with van der Waals surface area (Å²) in [6.07, 6.45) is 6.75. The number of aromatic nitrogens is 1. The third-order valence-electron chi connectivity index (χ3n) is 10.8. The van der Waals surface area contributed by atoms with Gasteiger partial charge in [-0.05, 0) is 92.7 Å². The Bertz CT molecular complexity index is 2240. The number of hydrogen-bond acceptors (Lipinski definition) is 0. The van der Waals surface area contributed by atoms with Crippen molar-refractivity contribution >= 4 is 32.6 Å². The Kier molecular flexibility index (Phi) is 5.69. The van der Waals surface area contributed by atoms with Crippen LogP contribution in [0.3, 0.4) is 0 Å². The molecule has 0 saturated heterocycles. The molecule has 9 rings (SSSR count). The number of fused-ring (bicyclic) bond motifs is 6. The second-order valence-electron chi connectivity index (χ2n) is 13.6. The first-order chi connectivity index (χ1) is 21.6. The third kappa shape index (κ3) is 3.72. The summed E-state index contributed by atoms with van der Waals surface area (Å²) in [5.74, 6) is 0.691. The summed E-state index contributed by atoms with van der Waals surface area (Å²) < 4.78 is 2.50. The highest BCUT2D eigenvalue weighted by Crippen LogP contribution is 2.48. The minimum Gasteiger partial charge on any atom is -0.309 e. The summed E-state index contributed by atoms with van der Waals surface area (Å²) in [6, 6.07) is 45.9. The molecule has 2 heterocycles. The van der Waals surface area contributed by atoms with Gasteiger partial charge in [-0.2, -0.15) is 0 Å². The maximum atomic E-state index is 2.50. The minimum absolute atomic E-state index is 0.113. The van der Waals surface area contributed by atoms with Crippen molar-refractivity contribution in [3.8, 4) is 27.9 Å². The number of para-hydroxylation sites is 2. The van der Waals surface area contributed by atoms with Crippen LogP contribution in [0.4, 0.5) is 0 Å². The molecule has 1 heteroatoms. The van der Waals surface area contributed by atoms with Gasteiger partial charge < -0.3 is 4.57 Å². The maximum Gasteiger partial charge on any atom is 0.0582 e. The van der Waals surface area contributed by atoms with E-state index in [1.807, 2.05) is 0 Å². The van der Waals surface area contributed by atoms with Gasteiger partial charge in [-0.3, -0.25) is 0 Å². The molecule has 0 radical (unpaired) electrons. The van der Waals surface area contributed by atoms with Gasteiger partial charge in [0.25, 0.3) is 0 Å². The first kappa shape index (κ1) is 25.8. The van der Waals surface area contributed by atoms with Crippen LogP contribution in [0.2, 0.25) is 0 Å². The zero-order chi connectivity index (χ0) is 29.4. The van der Waals surface area contributed by atoms with Crippen molar-refractivity contribution in [1.29, 1.82) is 0 Å². The van der Waals surface area contributed by atoms with Crippen molar-refractivity contribution in [2.45, 2.75) is 57.3 Å². The van der Waals surface area contributed by atoms with E-state index in [1.54, 1.807) is 5.56 Å². The van der Waals surface area contributed by atoms with Crippen molar-refractivity contribution in [3.05, 3.63) is 138 Å². The largest absolute Gasteiger partial charge is 0.309 e. The van der Waals surface area contributed by atoms with Crippen LogP contribution in [0.25, 0.3) is 60.5 Å². The van der Waals surface area contributed by atoms with E-state index in [0.717, 1.165) is 0 Å². The fourth-order valence-electron chi connectivity index (χ4n) is 8.54. The van der Waals surface area contributed by atoms with E-state index in [-0.39, 0.29) is 5.41 Å². The number of benzene rings is 6. The van der Waals surface area contributed by atoms with E-state index >= 15 is 0 Å². The molecule has 1 fully saturated rings. The predicted octanol–water partition coefficient (Wildman–Crippen LogP) is 12.0. The first-order valence-electron chi connectivity index (χ1n) is 16.4. The molecule has 1 aromatic heterocycles. The smallest absolute Gasteiger partial charge is 0.0582 e. The fraction of sp³-hybridized carbons (Fsp3) is 0.209. The van der Waals surface area contributed by atoms with E-state index in [1.165, 1.54) is 104 Å². The molecule has 214 valence electrons. The van der Waals surface area contributed by atoms with E-state index in [2.05, 4.69) is 140 Å². The number of hydrogen-bond donors (Lipinski definition) is 0. The van der Waals surface area contributed by atoms with E-state index in [4.69, 9.17) is 0 Å².